The van der Waals surface area contributed by atoms with E-state index in [4.69, 9.17) is 11.6 Å². The van der Waals surface area contributed by atoms with Crippen molar-refractivity contribution in [3.8, 4) is 0 Å². The Labute approximate surface area is 156 Å². The van der Waals surface area contributed by atoms with E-state index in [1.807, 2.05) is 13.8 Å². The lowest BCUT2D eigenvalue weighted by Crippen LogP contribution is -2.29. The third-order valence-electron chi connectivity index (χ3n) is 4.05. The van der Waals surface area contributed by atoms with Gasteiger partial charge in [0.05, 0.1) is 16.7 Å². The maximum Gasteiger partial charge on any atom is 0.262 e. The molecule has 1 N–H and O–H groups in total. The molecule has 1 aromatic carbocycles. The summed E-state index contributed by atoms with van der Waals surface area (Å²) >= 11 is 7.33. The Hall–Kier alpha value is -1.53. The lowest BCUT2D eigenvalue weighted by molar-refractivity contribution is -0.118. The van der Waals surface area contributed by atoms with E-state index in [0.717, 1.165) is 6.54 Å². The van der Waals surface area contributed by atoms with Gasteiger partial charge in [0.25, 0.3) is 5.56 Å². The second kappa shape index (κ2) is 7.79. The molecule has 1 heterocycles. The van der Waals surface area contributed by atoms with Crippen LogP contribution in [0.4, 0.5) is 0 Å². The average molecular weight is 380 g/mol. The molecule has 134 valence electrons. The van der Waals surface area contributed by atoms with E-state index >= 15 is 0 Å². The fourth-order valence-corrected chi connectivity index (χ4v) is 3.58. The minimum absolute atomic E-state index is 0.0153. The third-order valence-corrected chi connectivity index (χ3v) is 5.26. The Kier molecular flexibility index (Phi) is 5.69. The molecule has 2 aromatic rings. The normalized spacial score (nSPS) is 14.2. The van der Waals surface area contributed by atoms with Crippen molar-refractivity contribution >= 4 is 40.2 Å². The fraction of sp³-hybridized carbons (Fsp3) is 0.500. The van der Waals surface area contributed by atoms with E-state index in [9.17, 15) is 9.59 Å². The molecule has 0 radical (unpaired) electrons. The number of aromatic nitrogens is 2. The predicted molar refractivity (Wildman–Crippen MR) is 102 cm³/mol. The number of nitrogens with one attached hydrogen (secondary N) is 1. The van der Waals surface area contributed by atoms with Gasteiger partial charge >= 0.3 is 0 Å². The molecular weight excluding hydrogens is 358 g/mol. The summed E-state index contributed by atoms with van der Waals surface area (Å²) in [5.74, 6) is 1.19. The summed E-state index contributed by atoms with van der Waals surface area (Å²) in [4.78, 5) is 29.5. The highest BCUT2D eigenvalue weighted by Crippen LogP contribution is 2.27. The van der Waals surface area contributed by atoms with Gasteiger partial charge in [-0.15, -0.1) is 0 Å². The quantitative estimate of drug-likeness (QED) is 0.592. The lowest BCUT2D eigenvalue weighted by Gasteiger charge is -2.15. The smallest absolute Gasteiger partial charge is 0.262 e. The average Bonchev–Trinajstić information content (AvgIpc) is 3.38. The van der Waals surface area contributed by atoms with E-state index in [-0.39, 0.29) is 17.2 Å². The minimum atomic E-state index is -0.109. The SMILES string of the molecule is CC(C)Cn1c(SCC(=O)NCC2CC2)nc2ccc(Cl)cc2c1=O. The summed E-state index contributed by atoms with van der Waals surface area (Å²) in [5.41, 5.74) is 0.498. The standard InChI is InChI=1S/C18H22ClN3O2S/c1-11(2)9-22-17(24)14-7-13(19)5-6-15(14)21-18(22)25-10-16(23)20-8-12-3-4-12/h5-7,11-12H,3-4,8-10H2,1-2H3,(H,20,23). The molecular formula is C18H22ClN3O2S. The Morgan fingerprint density at radius 2 is 2.20 bits per heavy atom. The van der Waals surface area contributed by atoms with Crippen molar-refractivity contribution in [2.75, 3.05) is 12.3 Å². The number of benzene rings is 1. The molecule has 25 heavy (non-hydrogen) atoms. The van der Waals surface area contributed by atoms with Crippen LogP contribution in [0.5, 0.6) is 0 Å². The van der Waals surface area contributed by atoms with E-state index in [2.05, 4.69) is 10.3 Å². The van der Waals surface area contributed by atoms with Crippen LogP contribution >= 0.6 is 23.4 Å². The van der Waals surface area contributed by atoms with Crippen LogP contribution in [0.3, 0.4) is 0 Å². The van der Waals surface area contributed by atoms with Crippen LogP contribution in [0.25, 0.3) is 10.9 Å². The Bertz CT molecular complexity index is 846. The molecule has 1 fully saturated rings. The molecule has 0 bridgehead atoms. The second-order valence-electron chi connectivity index (χ2n) is 6.90. The number of hydrogen-bond donors (Lipinski definition) is 1. The van der Waals surface area contributed by atoms with Gasteiger partial charge in [0.1, 0.15) is 0 Å². The molecule has 1 saturated carbocycles. The third kappa shape index (κ3) is 4.76. The Morgan fingerprint density at radius 3 is 2.88 bits per heavy atom. The van der Waals surface area contributed by atoms with Gasteiger partial charge in [-0.2, -0.15) is 0 Å². The van der Waals surface area contributed by atoms with Crippen molar-refractivity contribution in [1.29, 1.82) is 0 Å². The number of hydrogen-bond acceptors (Lipinski definition) is 4. The molecule has 0 unspecified atom stereocenters. The van der Waals surface area contributed by atoms with E-state index < -0.39 is 0 Å². The van der Waals surface area contributed by atoms with Crippen molar-refractivity contribution in [3.63, 3.8) is 0 Å². The van der Waals surface area contributed by atoms with E-state index in [1.165, 1.54) is 24.6 Å². The number of carbonyl (C=O) groups excluding carboxylic acids is 1. The molecule has 5 nitrogen and oxygen atoms in total. The van der Waals surface area contributed by atoms with Gasteiger partial charge in [-0.3, -0.25) is 14.2 Å². The van der Waals surface area contributed by atoms with Crippen molar-refractivity contribution < 1.29 is 4.79 Å². The van der Waals surface area contributed by atoms with Crippen molar-refractivity contribution in [1.82, 2.24) is 14.9 Å². The Balaban J connectivity index is 1.84. The molecule has 0 atom stereocenters. The zero-order chi connectivity index (χ0) is 18.0. The summed E-state index contributed by atoms with van der Waals surface area (Å²) in [5, 5.41) is 4.55. The van der Waals surface area contributed by atoms with Gasteiger partial charge in [-0.25, -0.2) is 4.98 Å². The topological polar surface area (TPSA) is 64.0 Å². The van der Waals surface area contributed by atoms with E-state index in [1.54, 1.807) is 22.8 Å². The summed E-state index contributed by atoms with van der Waals surface area (Å²) in [7, 11) is 0. The maximum absolute atomic E-state index is 12.9. The first-order valence-electron chi connectivity index (χ1n) is 8.53. The number of thioether (sulfide) groups is 1. The fourth-order valence-electron chi connectivity index (χ4n) is 2.57. The van der Waals surface area contributed by atoms with Crippen molar-refractivity contribution in [2.45, 2.75) is 38.4 Å². The first-order chi connectivity index (χ1) is 11.9. The van der Waals surface area contributed by atoms with Gasteiger partial charge in [-0.1, -0.05) is 37.2 Å². The van der Waals surface area contributed by atoms with Gasteiger partial charge < -0.3 is 5.32 Å². The van der Waals surface area contributed by atoms with Crippen molar-refractivity contribution in [2.24, 2.45) is 11.8 Å². The van der Waals surface area contributed by atoms with Crippen LogP contribution in [0.15, 0.2) is 28.2 Å². The summed E-state index contributed by atoms with van der Waals surface area (Å²) in [6.07, 6.45) is 2.41. The molecule has 3 rings (SSSR count). The number of amides is 1. The first kappa shape index (κ1) is 18.3. The molecule has 1 aliphatic rings. The van der Waals surface area contributed by atoms with Gasteiger partial charge in [0.2, 0.25) is 5.91 Å². The molecule has 1 amide bonds. The zero-order valence-corrected chi connectivity index (χ0v) is 16.0. The molecule has 1 aromatic heterocycles. The largest absolute Gasteiger partial charge is 0.355 e. The summed E-state index contributed by atoms with van der Waals surface area (Å²) in [6, 6.07) is 5.12. The minimum Gasteiger partial charge on any atom is -0.355 e. The highest BCUT2D eigenvalue weighted by atomic mass is 35.5. The van der Waals surface area contributed by atoms with Crippen LogP contribution in [-0.2, 0) is 11.3 Å². The summed E-state index contributed by atoms with van der Waals surface area (Å²) < 4.78 is 1.65. The second-order valence-corrected chi connectivity index (χ2v) is 8.28. The molecule has 7 heteroatoms. The number of nitrogens with zero attached hydrogens (tertiary/aromatic N) is 2. The number of halogens is 1. The van der Waals surface area contributed by atoms with Gasteiger partial charge in [0, 0.05) is 18.1 Å². The maximum atomic E-state index is 12.9. The van der Waals surface area contributed by atoms with Gasteiger partial charge in [0.15, 0.2) is 5.16 Å². The predicted octanol–water partition coefficient (Wildman–Crippen LogP) is 3.32. The van der Waals surface area contributed by atoms with Crippen molar-refractivity contribution in [3.05, 3.63) is 33.6 Å². The molecule has 0 saturated heterocycles. The number of rotatable bonds is 7. The first-order valence-corrected chi connectivity index (χ1v) is 9.90. The number of fused-ring (bicyclic) bond motifs is 1. The highest BCUT2D eigenvalue weighted by Gasteiger charge is 2.22. The van der Waals surface area contributed by atoms with Gasteiger partial charge in [-0.05, 0) is 42.9 Å². The zero-order valence-electron chi connectivity index (χ0n) is 14.4. The van der Waals surface area contributed by atoms with Crippen LogP contribution in [0, 0.1) is 11.8 Å². The molecule has 0 spiro atoms. The Morgan fingerprint density at radius 1 is 1.44 bits per heavy atom. The monoisotopic (exact) mass is 379 g/mol. The lowest BCUT2D eigenvalue weighted by atomic mass is 10.2. The van der Waals surface area contributed by atoms with Crippen LogP contribution < -0.4 is 10.9 Å². The highest BCUT2D eigenvalue weighted by molar-refractivity contribution is 7.99. The van der Waals surface area contributed by atoms with Crippen LogP contribution in [-0.4, -0.2) is 27.8 Å². The number of carbonyl (C=O) groups is 1. The molecule has 0 aliphatic heterocycles. The summed E-state index contributed by atoms with van der Waals surface area (Å²) in [6.45, 7) is 5.40. The van der Waals surface area contributed by atoms with Crippen LogP contribution in [0.1, 0.15) is 26.7 Å². The molecule has 1 aliphatic carbocycles. The van der Waals surface area contributed by atoms with Crippen LogP contribution in [0.2, 0.25) is 5.02 Å². The van der Waals surface area contributed by atoms with E-state index in [0.29, 0.717) is 39.5 Å².